The summed E-state index contributed by atoms with van der Waals surface area (Å²) in [7, 11) is 0. The first-order valence-corrected chi connectivity index (χ1v) is 9.02. The number of hydrogen-bond acceptors (Lipinski definition) is 3. The molecule has 1 unspecified atom stereocenters. The van der Waals surface area contributed by atoms with Gasteiger partial charge in [-0.25, -0.2) is 0 Å². The second-order valence-electron chi connectivity index (χ2n) is 6.14. The van der Waals surface area contributed by atoms with Crippen LogP contribution in [0.2, 0.25) is 0 Å². The molecule has 0 bridgehead atoms. The van der Waals surface area contributed by atoms with Crippen molar-refractivity contribution in [3.8, 4) is 0 Å². The van der Waals surface area contributed by atoms with E-state index in [4.69, 9.17) is 5.11 Å². The Balaban J connectivity index is 3.82. The summed E-state index contributed by atoms with van der Waals surface area (Å²) >= 11 is 0. The van der Waals surface area contributed by atoms with Crippen LogP contribution in [0.3, 0.4) is 0 Å². The summed E-state index contributed by atoms with van der Waals surface area (Å²) in [6.07, 6.45) is 9.48. The quantitative estimate of drug-likeness (QED) is 0.228. The van der Waals surface area contributed by atoms with E-state index in [1.54, 1.807) is 48.6 Å². The molecule has 0 saturated heterocycles. The molecule has 0 saturated carbocycles. The third kappa shape index (κ3) is 20.3. The van der Waals surface area contributed by atoms with Crippen molar-refractivity contribution in [2.75, 3.05) is 0 Å². The number of aliphatic carboxylic acids is 1. The van der Waals surface area contributed by atoms with E-state index < -0.39 is 30.8 Å². The first-order chi connectivity index (χ1) is 12.7. The van der Waals surface area contributed by atoms with Crippen LogP contribution in [-0.4, -0.2) is 39.7 Å². The van der Waals surface area contributed by atoms with Crippen LogP contribution >= 0.6 is 0 Å². The molecule has 4 nitrogen and oxygen atoms in total. The van der Waals surface area contributed by atoms with Crippen LogP contribution in [0.4, 0.5) is 13.2 Å². The van der Waals surface area contributed by atoms with Gasteiger partial charge in [-0.15, -0.1) is 0 Å². The lowest BCUT2D eigenvalue weighted by atomic mass is 10.1. The average molecular weight is 390 g/mol. The zero-order chi connectivity index (χ0) is 20.5. The minimum atomic E-state index is -4.09. The Morgan fingerprint density at radius 2 is 1.52 bits per heavy atom. The molecular formula is C20H29F3O4. The highest BCUT2D eigenvalue weighted by molar-refractivity contribution is 5.66. The molecule has 27 heavy (non-hydrogen) atoms. The SMILES string of the molecule is O=C(O)CCC[C@H](O)\C=C/C=C/C=C/C(O)C/C=C\CCCCC(F)(F)F. The minimum Gasteiger partial charge on any atom is -0.481 e. The topological polar surface area (TPSA) is 77.8 Å². The molecule has 0 fully saturated rings. The van der Waals surface area contributed by atoms with E-state index in [2.05, 4.69) is 0 Å². The molecule has 0 amide bonds. The van der Waals surface area contributed by atoms with Gasteiger partial charge >= 0.3 is 12.1 Å². The normalized spacial score (nSPS) is 15.4. The smallest absolute Gasteiger partial charge is 0.389 e. The van der Waals surface area contributed by atoms with Crippen molar-refractivity contribution in [1.29, 1.82) is 0 Å². The van der Waals surface area contributed by atoms with Crippen LogP contribution in [0, 0.1) is 0 Å². The van der Waals surface area contributed by atoms with Crippen molar-refractivity contribution in [2.45, 2.75) is 69.8 Å². The van der Waals surface area contributed by atoms with Gasteiger partial charge in [0.1, 0.15) is 0 Å². The number of alkyl halides is 3. The molecule has 0 aliphatic rings. The van der Waals surface area contributed by atoms with Gasteiger partial charge in [0.25, 0.3) is 0 Å². The number of carboxylic acid groups (broad SMARTS) is 1. The summed E-state index contributed by atoms with van der Waals surface area (Å²) in [4.78, 5) is 10.3. The number of aliphatic hydroxyl groups is 2. The monoisotopic (exact) mass is 390 g/mol. The molecule has 3 N–H and O–H groups in total. The van der Waals surface area contributed by atoms with Crippen molar-refractivity contribution < 1.29 is 33.3 Å². The third-order valence-electron chi connectivity index (χ3n) is 3.52. The average Bonchev–Trinajstić information content (AvgIpc) is 2.55. The van der Waals surface area contributed by atoms with Crippen molar-refractivity contribution in [2.24, 2.45) is 0 Å². The fraction of sp³-hybridized carbons (Fsp3) is 0.550. The van der Waals surface area contributed by atoms with Crippen molar-refractivity contribution in [1.82, 2.24) is 0 Å². The van der Waals surface area contributed by atoms with Crippen LogP contribution in [0.1, 0.15) is 51.4 Å². The zero-order valence-electron chi connectivity index (χ0n) is 15.3. The predicted octanol–water partition coefficient (Wildman–Crippen LogP) is 4.70. The molecule has 0 radical (unpaired) electrons. The number of unbranched alkanes of at least 4 members (excludes halogenated alkanes) is 2. The van der Waals surface area contributed by atoms with Gasteiger partial charge in [-0.2, -0.15) is 13.2 Å². The van der Waals surface area contributed by atoms with E-state index in [0.29, 0.717) is 32.1 Å². The second-order valence-corrected chi connectivity index (χ2v) is 6.14. The minimum absolute atomic E-state index is 0.0311. The fourth-order valence-electron chi connectivity index (χ4n) is 2.09. The lowest BCUT2D eigenvalue weighted by Gasteiger charge is -2.04. The molecule has 0 aliphatic carbocycles. The lowest BCUT2D eigenvalue weighted by molar-refractivity contribution is -0.137. The van der Waals surface area contributed by atoms with Crippen molar-refractivity contribution in [3.05, 3.63) is 48.6 Å². The van der Waals surface area contributed by atoms with Gasteiger partial charge in [-0.1, -0.05) is 48.6 Å². The van der Waals surface area contributed by atoms with Gasteiger partial charge in [0.15, 0.2) is 0 Å². The summed E-state index contributed by atoms with van der Waals surface area (Å²) in [5, 5.41) is 27.8. The van der Waals surface area contributed by atoms with Gasteiger partial charge in [0, 0.05) is 12.8 Å². The first-order valence-electron chi connectivity index (χ1n) is 9.02. The Morgan fingerprint density at radius 1 is 0.889 bits per heavy atom. The van der Waals surface area contributed by atoms with Crippen LogP contribution in [0.5, 0.6) is 0 Å². The van der Waals surface area contributed by atoms with Crippen molar-refractivity contribution in [3.63, 3.8) is 0 Å². The molecule has 154 valence electrons. The summed E-state index contributed by atoms with van der Waals surface area (Å²) < 4.78 is 35.8. The maximum absolute atomic E-state index is 11.9. The Bertz CT molecular complexity index is 508. The Kier molecular flexibility index (Phi) is 14.2. The van der Waals surface area contributed by atoms with E-state index in [0.717, 1.165) is 0 Å². The lowest BCUT2D eigenvalue weighted by Crippen LogP contribution is -2.05. The Labute approximate surface area is 158 Å². The Hall–Kier alpha value is -1.86. The first kappa shape index (κ1) is 25.1. The summed E-state index contributed by atoms with van der Waals surface area (Å²) in [6.45, 7) is 0. The van der Waals surface area contributed by atoms with E-state index in [1.165, 1.54) is 0 Å². The third-order valence-corrected chi connectivity index (χ3v) is 3.52. The summed E-state index contributed by atoms with van der Waals surface area (Å²) in [5.74, 6) is -0.883. The highest BCUT2D eigenvalue weighted by atomic mass is 19.4. The molecule has 0 aromatic carbocycles. The van der Waals surface area contributed by atoms with Gasteiger partial charge in [0.2, 0.25) is 0 Å². The van der Waals surface area contributed by atoms with Gasteiger partial charge in [-0.05, 0) is 38.5 Å². The number of halogens is 3. The number of rotatable bonds is 14. The molecule has 0 aromatic rings. The highest BCUT2D eigenvalue weighted by Gasteiger charge is 2.25. The summed E-state index contributed by atoms with van der Waals surface area (Å²) in [6, 6.07) is 0. The molecule has 0 heterocycles. The standard InChI is InChI=1S/C20H29F3O4/c21-20(22,23)16-9-5-1-2-6-11-17(24)12-7-3-4-8-13-18(25)14-10-15-19(26)27/h2-4,6-8,12-13,17-18,24-25H,1,5,9-11,14-16H2,(H,26,27)/b4-3+,6-2-,12-7+,13-8-/t17?,18-/m1/s1. The number of carboxylic acids is 1. The number of hydrogen-bond donors (Lipinski definition) is 3. The van der Waals surface area contributed by atoms with E-state index >= 15 is 0 Å². The fourth-order valence-corrected chi connectivity index (χ4v) is 2.09. The maximum Gasteiger partial charge on any atom is 0.389 e. The molecular weight excluding hydrogens is 361 g/mol. The number of carbonyl (C=O) groups is 1. The van der Waals surface area contributed by atoms with E-state index in [1.807, 2.05) is 0 Å². The van der Waals surface area contributed by atoms with Crippen molar-refractivity contribution >= 4 is 5.97 Å². The van der Waals surface area contributed by atoms with E-state index in [9.17, 15) is 28.2 Å². The molecule has 0 aromatic heterocycles. The maximum atomic E-state index is 11.9. The van der Waals surface area contributed by atoms with Gasteiger partial charge in [-0.3, -0.25) is 4.79 Å². The van der Waals surface area contributed by atoms with E-state index in [-0.39, 0.29) is 12.8 Å². The largest absolute Gasteiger partial charge is 0.481 e. The van der Waals surface area contributed by atoms with Gasteiger partial charge < -0.3 is 15.3 Å². The van der Waals surface area contributed by atoms with Crippen LogP contribution in [0.25, 0.3) is 0 Å². The summed E-state index contributed by atoms with van der Waals surface area (Å²) in [5.41, 5.74) is 0. The number of aliphatic hydroxyl groups excluding tert-OH is 2. The molecule has 0 rings (SSSR count). The molecule has 0 spiro atoms. The van der Waals surface area contributed by atoms with Crippen LogP contribution in [0.15, 0.2) is 48.6 Å². The predicted molar refractivity (Wildman–Crippen MR) is 99.2 cm³/mol. The Morgan fingerprint density at radius 3 is 2.11 bits per heavy atom. The highest BCUT2D eigenvalue weighted by Crippen LogP contribution is 2.22. The number of allylic oxidation sites excluding steroid dienone is 5. The zero-order valence-corrected chi connectivity index (χ0v) is 15.3. The second kappa shape index (κ2) is 15.2. The van der Waals surface area contributed by atoms with Gasteiger partial charge in [0.05, 0.1) is 12.2 Å². The molecule has 7 heteroatoms. The van der Waals surface area contributed by atoms with Crippen LogP contribution < -0.4 is 0 Å². The van der Waals surface area contributed by atoms with Crippen LogP contribution in [-0.2, 0) is 4.79 Å². The molecule has 0 aliphatic heterocycles. The molecule has 2 atom stereocenters.